The van der Waals surface area contributed by atoms with Crippen LogP contribution in [-0.4, -0.2) is 21.2 Å². The monoisotopic (exact) mass is 230 g/mol. The summed E-state index contributed by atoms with van der Waals surface area (Å²) in [5, 5.41) is 9.45. The van der Waals surface area contributed by atoms with Gasteiger partial charge in [0.1, 0.15) is 10.4 Å². The fourth-order valence-corrected chi connectivity index (χ4v) is 2.29. The Kier molecular flexibility index (Phi) is 2.65. The van der Waals surface area contributed by atoms with Gasteiger partial charge in [-0.2, -0.15) is 0 Å². The molecule has 0 saturated carbocycles. The van der Waals surface area contributed by atoms with Gasteiger partial charge in [0, 0.05) is 11.5 Å². The van der Waals surface area contributed by atoms with Crippen molar-refractivity contribution in [3.05, 3.63) is 11.1 Å². The molecule has 0 spiro atoms. The number of aliphatic hydroxyl groups is 1. The zero-order chi connectivity index (χ0) is 9.57. The topological polar surface area (TPSA) is 72.3 Å². The number of hydrogen-bond acceptors (Lipinski definition) is 3. The van der Waals surface area contributed by atoms with Crippen LogP contribution in [0.3, 0.4) is 0 Å². The van der Waals surface area contributed by atoms with E-state index in [0.717, 1.165) is 0 Å². The van der Waals surface area contributed by atoms with Crippen LogP contribution in [0.2, 0.25) is 0 Å². The third-order valence-electron chi connectivity index (χ3n) is 1.66. The van der Waals surface area contributed by atoms with E-state index in [9.17, 15) is 5.11 Å². The second kappa shape index (κ2) is 3.01. The average molecular weight is 232 g/mol. The first-order chi connectivity index (χ1) is 5.25. The Bertz CT molecular complexity index is 227. The minimum absolute atomic E-state index is 0.0560. The maximum Gasteiger partial charge on any atom is 0.140 e. The van der Waals surface area contributed by atoms with E-state index in [4.69, 9.17) is 46.3 Å². The molecule has 0 saturated heterocycles. The molecular weight excluding hydrogens is 222 g/mol. The number of allylic oxidation sites excluding steroid dienone is 1. The second-order valence-corrected chi connectivity index (χ2v) is 4.96. The molecule has 0 heterocycles. The lowest BCUT2D eigenvalue weighted by Crippen LogP contribution is -2.63. The van der Waals surface area contributed by atoms with Crippen molar-refractivity contribution in [3.8, 4) is 0 Å². The zero-order valence-electron chi connectivity index (χ0n) is 6.10. The molecule has 1 atom stereocenters. The van der Waals surface area contributed by atoms with Crippen LogP contribution in [0.25, 0.3) is 0 Å². The number of rotatable bonds is 0. The summed E-state index contributed by atoms with van der Waals surface area (Å²) in [6.45, 7) is 0. The van der Waals surface area contributed by atoms with Crippen molar-refractivity contribution < 1.29 is 5.11 Å². The van der Waals surface area contributed by atoms with Crippen LogP contribution in [0.1, 0.15) is 6.42 Å². The standard InChI is InChI=1S/C6H9Cl3N2O/c7-3-1-5(8,9)2-6(10,11)4(3)12/h1,4,12H,2,10-11H2. The predicted octanol–water partition coefficient (Wildman–Crippen LogP) is 0.661. The summed E-state index contributed by atoms with van der Waals surface area (Å²) in [4.78, 5) is 0. The summed E-state index contributed by atoms with van der Waals surface area (Å²) >= 11 is 17.1. The highest BCUT2D eigenvalue weighted by molar-refractivity contribution is 6.50. The first-order valence-corrected chi connectivity index (χ1v) is 4.40. The molecule has 0 fully saturated rings. The molecule has 70 valence electrons. The molecular formula is C6H9Cl3N2O. The summed E-state index contributed by atoms with van der Waals surface area (Å²) in [5.41, 5.74) is 9.68. The summed E-state index contributed by atoms with van der Waals surface area (Å²) in [6, 6.07) is 0. The fraction of sp³-hybridized carbons (Fsp3) is 0.667. The van der Waals surface area contributed by atoms with Crippen LogP contribution in [0.4, 0.5) is 0 Å². The van der Waals surface area contributed by atoms with E-state index >= 15 is 0 Å². The van der Waals surface area contributed by atoms with Gasteiger partial charge in [0.2, 0.25) is 0 Å². The van der Waals surface area contributed by atoms with E-state index < -0.39 is 16.1 Å². The fourth-order valence-electron chi connectivity index (χ4n) is 1.09. The lowest BCUT2D eigenvalue weighted by atomic mass is 9.92. The molecule has 0 aromatic carbocycles. The zero-order valence-corrected chi connectivity index (χ0v) is 8.37. The molecule has 0 amide bonds. The van der Waals surface area contributed by atoms with Gasteiger partial charge in [-0.1, -0.05) is 34.8 Å². The van der Waals surface area contributed by atoms with Gasteiger partial charge < -0.3 is 16.6 Å². The van der Waals surface area contributed by atoms with Crippen LogP contribution in [-0.2, 0) is 0 Å². The Morgan fingerprint density at radius 3 is 2.42 bits per heavy atom. The SMILES string of the molecule is NC1(N)CC(Cl)(Cl)C=C(Cl)C1O. The quantitative estimate of drug-likeness (QED) is 0.424. The Hall–Kier alpha value is 0.490. The number of nitrogens with two attached hydrogens (primary N) is 2. The summed E-state index contributed by atoms with van der Waals surface area (Å²) in [6.07, 6.45) is 0.283. The smallest absolute Gasteiger partial charge is 0.140 e. The van der Waals surface area contributed by atoms with Crippen LogP contribution >= 0.6 is 34.8 Å². The largest absolute Gasteiger partial charge is 0.384 e. The molecule has 0 radical (unpaired) electrons. The van der Waals surface area contributed by atoms with E-state index in [1.165, 1.54) is 6.08 Å². The Balaban J connectivity index is 3.00. The van der Waals surface area contributed by atoms with Gasteiger partial charge in [-0.3, -0.25) is 0 Å². The van der Waals surface area contributed by atoms with Crippen molar-refractivity contribution >= 4 is 34.8 Å². The van der Waals surface area contributed by atoms with E-state index in [1.54, 1.807) is 0 Å². The number of hydrogen-bond donors (Lipinski definition) is 3. The molecule has 1 unspecified atom stereocenters. The molecule has 6 heteroatoms. The Morgan fingerprint density at radius 2 is 2.00 bits per heavy atom. The third kappa shape index (κ3) is 2.05. The van der Waals surface area contributed by atoms with Crippen molar-refractivity contribution in [1.29, 1.82) is 0 Å². The van der Waals surface area contributed by atoms with Crippen molar-refractivity contribution in [1.82, 2.24) is 0 Å². The van der Waals surface area contributed by atoms with Crippen molar-refractivity contribution in [2.45, 2.75) is 22.5 Å². The van der Waals surface area contributed by atoms with E-state index in [-0.39, 0.29) is 11.5 Å². The highest BCUT2D eigenvalue weighted by Gasteiger charge is 2.43. The minimum atomic E-state index is -1.37. The Labute approximate surface area is 85.3 Å². The van der Waals surface area contributed by atoms with Gasteiger partial charge in [0.05, 0.1) is 5.66 Å². The van der Waals surface area contributed by atoms with Crippen LogP contribution in [0, 0.1) is 0 Å². The maximum absolute atomic E-state index is 9.37. The van der Waals surface area contributed by atoms with E-state index in [2.05, 4.69) is 0 Å². The lowest BCUT2D eigenvalue weighted by Gasteiger charge is -2.38. The van der Waals surface area contributed by atoms with Gasteiger partial charge in [-0.25, -0.2) is 0 Å². The molecule has 3 nitrogen and oxygen atoms in total. The molecule has 5 N–H and O–H groups in total. The van der Waals surface area contributed by atoms with E-state index in [0.29, 0.717) is 0 Å². The van der Waals surface area contributed by atoms with Crippen molar-refractivity contribution in [3.63, 3.8) is 0 Å². The lowest BCUT2D eigenvalue weighted by molar-refractivity contribution is 0.111. The molecule has 0 aromatic rings. The molecule has 0 aromatic heterocycles. The molecule has 0 bridgehead atoms. The first-order valence-electron chi connectivity index (χ1n) is 3.26. The predicted molar refractivity (Wildman–Crippen MR) is 50.1 cm³/mol. The van der Waals surface area contributed by atoms with Crippen LogP contribution < -0.4 is 11.5 Å². The van der Waals surface area contributed by atoms with Crippen LogP contribution in [0.15, 0.2) is 11.1 Å². The van der Waals surface area contributed by atoms with Gasteiger partial charge in [0.25, 0.3) is 0 Å². The maximum atomic E-state index is 9.37. The molecule has 0 aliphatic heterocycles. The third-order valence-corrected chi connectivity index (χ3v) is 2.46. The molecule has 1 rings (SSSR count). The second-order valence-electron chi connectivity index (χ2n) is 2.98. The van der Waals surface area contributed by atoms with Gasteiger partial charge in [0.15, 0.2) is 0 Å². The van der Waals surface area contributed by atoms with Gasteiger partial charge in [-0.05, 0) is 6.08 Å². The number of halogens is 3. The molecule has 1 aliphatic rings. The summed E-state index contributed by atoms with van der Waals surface area (Å²) in [5.74, 6) is 0. The number of aliphatic hydroxyl groups excluding tert-OH is 1. The van der Waals surface area contributed by atoms with Crippen molar-refractivity contribution in [2.75, 3.05) is 0 Å². The summed E-state index contributed by atoms with van der Waals surface area (Å²) < 4.78 is -1.19. The molecule has 12 heavy (non-hydrogen) atoms. The highest BCUT2D eigenvalue weighted by atomic mass is 35.5. The number of alkyl halides is 2. The highest BCUT2D eigenvalue weighted by Crippen LogP contribution is 2.39. The summed E-state index contributed by atoms with van der Waals surface area (Å²) in [7, 11) is 0. The van der Waals surface area contributed by atoms with Crippen LogP contribution in [0.5, 0.6) is 0 Å². The van der Waals surface area contributed by atoms with Crippen molar-refractivity contribution in [2.24, 2.45) is 11.5 Å². The van der Waals surface area contributed by atoms with E-state index in [1.807, 2.05) is 0 Å². The normalized spacial score (nSPS) is 32.8. The first kappa shape index (κ1) is 10.6. The van der Waals surface area contributed by atoms with Gasteiger partial charge in [-0.15, -0.1) is 0 Å². The molecule has 1 aliphatic carbocycles. The van der Waals surface area contributed by atoms with Gasteiger partial charge >= 0.3 is 0 Å². The minimum Gasteiger partial charge on any atom is -0.384 e. The average Bonchev–Trinajstić information content (AvgIpc) is 1.79. The Morgan fingerprint density at radius 1 is 1.50 bits per heavy atom.